The first-order valence-corrected chi connectivity index (χ1v) is 7.27. The van der Waals surface area contributed by atoms with Crippen LogP contribution in [0.4, 0.5) is 0 Å². The highest BCUT2D eigenvalue weighted by Crippen LogP contribution is 2.20. The fraction of sp³-hybridized carbons (Fsp3) is 0.400. The third kappa shape index (κ3) is 3.46. The quantitative estimate of drug-likeness (QED) is 0.871. The van der Waals surface area contributed by atoms with E-state index in [0.29, 0.717) is 12.3 Å². The van der Waals surface area contributed by atoms with Crippen molar-refractivity contribution in [3.05, 3.63) is 40.1 Å². The molecule has 0 aliphatic rings. The monoisotopic (exact) mass is 274 g/mol. The van der Waals surface area contributed by atoms with E-state index in [1.807, 2.05) is 18.5 Å². The second-order valence-corrected chi connectivity index (χ2v) is 5.60. The Morgan fingerprint density at radius 1 is 1.47 bits per heavy atom. The van der Waals surface area contributed by atoms with E-state index in [-0.39, 0.29) is 6.61 Å². The lowest BCUT2D eigenvalue weighted by molar-refractivity contribution is 0.305. The van der Waals surface area contributed by atoms with E-state index in [0.717, 1.165) is 17.9 Å². The molecule has 0 aromatic carbocycles. The zero-order chi connectivity index (χ0) is 13.7. The second kappa shape index (κ2) is 6.55. The number of aliphatic hydroxyl groups excluding tert-OH is 1. The summed E-state index contributed by atoms with van der Waals surface area (Å²) in [6.07, 6.45) is 4.39. The minimum atomic E-state index is 0.117. The first-order valence-electron chi connectivity index (χ1n) is 6.39. The largest absolute Gasteiger partial charge is 0.395 e. The lowest BCUT2D eigenvalue weighted by Gasteiger charge is -2.09. The Kier molecular flexibility index (Phi) is 4.78. The summed E-state index contributed by atoms with van der Waals surface area (Å²) in [4.78, 5) is 5.64. The first-order chi connectivity index (χ1) is 9.22. The predicted octanol–water partition coefficient (Wildman–Crippen LogP) is 2.85. The first kappa shape index (κ1) is 13.9. The average molecular weight is 274 g/mol. The molecule has 0 saturated carbocycles. The molecule has 100 valence electrons. The maximum atomic E-state index is 8.76. The van der Waals surface area contributed by atoms with Gasteiger partial charge in [-0.3, -0.25) is 0 Å². The fourth-order valence-electron chi connectivity index (χ4n) is 1.90. The molecule has 2 rings (SSSR count). The molecule has 2 heterocycles. The molecule has 2 aromatic rings. The Labute approximate surface area is 117 Å². The molecule has 0 fully saturated rings. The molecule has 0 unspecified atom stereocenters. The van der Waals surface area contributed by atoms with Gasteiger partial charge in [-0.2, -0.15) is 0 Å². The van der Waals surface area contributed by atoms with E-state index in [1.54, 1.807) is 11.3 Å². The minimum absolute atomic E-state index is 0.117. The van der Waals surface area contributed by atoms with Crippen LogP contribution in [0.1, 0.15) is 42.5 Å². The van der Waals surface area contributed by atoms with Crippen LogP contribution < -0.4 is 0 Å². The average Bonchev–Trinajstić information content (AvgIpc) is 3.00. The molecule has 0 aliphatic heterocycles. The summed E-state index contributed by atoms with van der Waals surface area (Å²) in [7, 11) is 0. The fourth-order valence-corrected chi connectivity index (χ4v) is 2.73. The van der Waals surface area contributed by atoms with Crippen LogP contribution in [0.25, 0.3) is 0 Å². The Morgan fingerprint density at radius 2 is 2.32 bits per heavy atom. The SMILES string of the molecule is CC(C)c1nccn1Cc1sccc1C#CCCO. The number of imidazole rings is 1. The van der Waals surface area contributed by atoms with Crippen molar-refractivity contribution < 1.29 is 5.11 Å². The molecule has 0 atom stereocenters. The number of aliphatic hydroxyl groups is 1. The van der Waals surface area contributed by atoms with Crippen molar-refractivity contribution in [3.63, 3.8) is 0 Å². The van der Waals surface area contributed by atoms with Gasteiger partial charge in [-0.05, 0) is 11.4 Å². The third-order valence-electron chi connectivity index (χ3n) is 2.78. The minimum Gasteiger partial charge on any atom is -0.395 e. The molecular weight excluding hydrogens is 256 g/mol. The van der Waals surface area contributed by atoms with Gasteiger partial charge in [0.1, 0.15) is 5.82 Å². The summed E-state index contributed by atoms with van der Waals surface area (Å²) in [6.45, 7) is 5.23. The van der Waals surface area contributed by atoms with E-state index in [9.17, 15) is 0 Å². The van der Waals surface area contributed by atoms with Gasteiger partial charge in [0.05, 0.1) is 13.2 Å². The van der Waals surface area contributed by atoms with Crippen molar-refractivity contribution in [2.75, 3.05) is 6.61 Å². The van der Waals surface area contributed by atoms with Gasteiger partial charge < -0.3 is 9.67 Å². The molecule has 2 aromatic heterocycles. The maximum absolute atomic E-state index is 8.76. The van der Waals surface area contributed by atoms with Gasteiger partial charge in [-0.15, -0.1) is 11.3 Å². The van der Waals surface area contributed by atoms with Crippen LogP contribution in [0.5, 0.6) is 0 Å². The zero-order valence-corrected chi connectivity index (χ0v) is 12.1. The summed E-state index contributed by atoms with van der Waals surface area (Å²) < 4.78 is 2.17. The van der Waals surface area contributed by atoms with Crippen LogP contribution in [0.15, 0.2) is 23.8 Å². The summed E-state index contributed by atoms with van der Waals surface area (Å²) in [5.74, 6) is 7.61. The Balaban J connectivity index is 2.18. The van der Waals surface area contributed by atoms with Crippen molar-refractivity contribution in [1.82, 2.24) is 9.55 Å². The van der Waals surface area contributed by atoms with Crippen molar-refractivity contribution in [2.24, 2.45) is 0 Å². The normalized spacial score (nSPS) is 10.5. The highest BCUT2D eigenvalue weighted by Gasteiger charge is 2.09. The highest BCUT2D eigenvalue weighted by molar-refractivity contribution is 7.10. The van der Waals surface area contributed by atoms with E-state index in [2.05, 4.69) is 40.6 Å². The number of hydrogen-bond donors (Lipinski definition) is 1. The number of rotatable bonds is 4. The van der Waals surface area contributed by atoms with Crippen LogP contribution in [0.2, 0.25) is 0 Å². The molecule has 0 bridgehead atoms. The zero-order valence-electron chi connectivity index (χ0n) is 11.3. The second-order valence-electron chi connectivity index (χ2n) is 4.60. The Bertz CT molecular complexity index is 587. The van der Waals surface area contributed by atoms with Gasteiger partial charge in [0.2, 0.25) is 0 Å². The van der Waals surface area contributed by atoms with Crippen molar-refractivity contribution in [2.45, 2.75) is 32.7 Å². The van der Waals surface area contributed by atoms with Crippen molar-refractivity contribution in [3.8, 4) is 11.8 Å². The predicted molar refractivity (Wildman–Crippen MR) is 78.3 cm³/mol. The smallest absolute Gasteiger partial charge is 0.111 e. The molecule has 4 heteroatoms. The topological polar surface area (TPSA) is 38.0 Å². The van der Waals surface area contributed by atoms with Crippen LogP contribution >= 0.6 is 11.3 Å². The van der Waals surface area contributed by atoms with E-state index >= 15 is 0 Å². The summed E-state index contributed by atoms with van der Waals surface area (Å²) in [5.41, 5.74) is 1.06. The van der Waals surface area contributed by atoms with E-state index < -0.39 is 0 Å². The van der Waals surface area contributed by atoms with Gasteiger partial charge >= 0.3 is 0 Å². The van der Waals surface area contributed by atoms with Crippen LogP contribution in [0, 0.1) is 11.8 Å². The van der Waals surface area contributed by atoms with Crippen LogP contribution in [-0.4, -0.2) is 21.3 Å². The molecule has 3 nitrogen and oxygen atoms in total. The number of thiophene rings is 1. The lowest BCUT2D eigenvalue weighted by Crippen LogP contribution is -2.05. The van der Waals surface area contributed by atoms with Crippen molar-refractivity contribution in [1.29, 1.82) is 0 Å². The van der Waals surface area contributed by atoms with Gasteiger partial charge in [0.25, 0.3) is 0 Å². The number of hydrogen-bond acceptors (Lipinski definition) is 3. The Morgan fingerprint density at radius 3 is 3.05 bits per heavy atom. The molecule has 0 radical (unpaired) electrons. The van der Waals surface area contributed by atoms with Gasteiger partial charge in [0, 0.05) is 35.2 Å². The van der Waals surface area contributed by atoms with Crippen molar-refractivity contribution >= 4 is 11.3 Å². The summed E-state index contributed by atoms with van der Waals surface area (Å²) in [5, 5.41) is 10.8. The highest BCUT2D eigenvalue weighted by atomic mass is 32.1. The number of aromatic nitrogens is 2. The van der Waals surface area contributed by atoms with Crippen LogP contribution in [0.3, 0.4) is 0 Å². The Hall–Kier alpha value is -1.57. The molecule has 0 amide bonds. The molecule has 0 aliphatic carbocycles. The molecule has 0 spiro atoms. The number of nitrogens with zero attached hydrogens (tertiary/aromatic N) is 2. The molecule has 19 heavy (non-hydrogen) atoms. The molecule has 0 saturated heterocycles. The standard InChI is InChI=1S/C15H18N2OS/c1-12(2)15-16-7-8-17(15)11-14-13(6-10-19-14)5-3-4-9-18/h6-8,10,12,18H,4,9,11H2,1-2H3. The molecule has 1 N–H and O–H groups in total. The van der Waals surface area contributed by atoms with Gasteiger partial charge in [-0.1, -0.05) is 25.7 Å². The third-order valence-corrected chi connectivity index (χ3v) is 3.69. The van der Waals surface area contributed by atoms with E-state index in [1.165, 1.54) is 4.88 Å². The maximum Gasteiger partial charge on any atom is 0.111 e. The summed E-state index contributed by atoms with van der Waals surface area (Å²) >= 11 is 1.71. The van der Waals surface area contributed by atoms with E-state index in [4.69, 9.17) is 5.11 Å². The van der Waals surface area contributed by atoms with Crippen LogP contribution in [-0.2, 0) is 6.54 Å². The summed E-state index contributed by atoms with van der Waals surface area (Å²) in [6, 6.07) is 2.04. The molecular formula is C15H18N2OS. The van der Waals surface area contributed by atoms with Gasteiger partial charge in [0.15, 0.2) is 0 Å². The lowest BCUT2D eigenvalue weighted by atomic mass is 10.2. The van der Waals surface area contributed by atoms with Gasteiger partial charge in [-0.25, -0.2) is 4.98 Å².